The molecule has 1 aliphatic heterocycles. The Kier molecular flexibility index (Phi) is 4.71. The van der Waals surface area contributed by atoms with E-state index in [0.717, 1.165) is 12.1 Å². The second-order valence-electron chi connectivity index (χ2n) is 5.08. The number of pyridine rings is 1. The first-order chi connectivity index (χ1) is 9.65. The van der Waals surface area contributed by atoms with Crippen LogP contribution in [0, 0.1) is 0 Å². The minimum Gasteiger partial charge on any atom is -0.354 e. The molecule has 2 atom stereocenters. The zero-order valence-corrected chi connectivity index (χ0v) is 12.0. The predicted octanol–water partition coefficient (Wildman–Crippen LogP) is 1.31. The number of carbonyl (C=O) groups is 2. The first-order valence-electron chi connectivity index (χ1n) is 7.14. The predicted molar refractivity (Wildman–Crippen MR) is 76.1 cm³/mol. The summed E-state index contributed by atoms with van der Waals surface area (Å²) < 4.78 is 0. The smallest absolute Gasteiger partial charge is 0.242 e. The largest absolute Gasteiger partial charge is 0.354 e. The number of hydrogen-bond acceptors (Lipinski definition) is 3. The van der Waals surface area contributed by atoms with Gasteiger partial charge in [-0.2, -0.15) is 0 Å². The summed E-state index contributed by atoms with van der Waals surface area (Å²) >= 11 is 0. The minimum atomic E-state index is -0.365. The van der Waals surface area contributed by atoms with Gasteiger partial charge < -0.3 is 10.2 Å². The fourth-order valence-electron chi connectivity index (χ4n) is 2.55. The van der Waals surface area contributed by atoms with E-state index < -0.39 is 0 Å². The van der Waals surface area contributed by atoms with Gasteiger partial charge in [0.15, 0.2) is 0 Å². The first-order valence-corrected chi connectivity index (χ1v) is 7.14. The third-order valence-corrected chi connectivity index (χ3v) is 3.73. The average molecular weight is 275 g/mol. The molecule has 1 saturated heterocycles. The number of aromatic nitrogens is 1. The zero-order valence-electron chi connectivity index (χ0n) is 12.0. The van der Waals surface area contributed by atoms with Gasteiger partial charge in [0.25, 0.3) is 0 Å². The van der Waals surface area contributed by atoms with Crippen LogP contribution < -0.4 is 5.32 Å². The van der Waals surface area contributed by atoms with E-state index in [0.29, 0.717) is 19.5 Å². The van der Waals surface area contributed by atoms with E-state index >= 15 is 0 Å². The molecule has 0 saturated carbocycles. The van der Waals surface area contributed by atoms with E-state index in [9.17, 15) is 9.59 Å². The van der Waals surface area contributed by atoms with E-state index in [1.165, 1.54) is 0 Å². The van der Waals surface area contributed by atoms with Crippen molar-refractivity contribution in [3.8, 4) is 0 Å². The third kappa shape index (κ3) is 2.98. The van der Waals surface area contributed by atoms with Gasteiger partial charge in [0.2, 0.25) is 11.8 Å². The van der Waals surface area contributed by atoms with Crippen molar-refractivity contribution in [1.29, 1.82) is 0 Å². The molecule has 0 spiro atoms. The highest BCUT2D eigenvalue weighted by Gasteiger charge is 2.33. The van der Waals surface area contributed by atoms with Crippen LogP contribution in [0.4, 0.5) is 0 Å². The fourth-order valence-corrected chi connectivity index (χ4v) is 2.55. The quantitative estimate of drug-likeness (QED) is 0.904. The molecular weight excluding hydrogens is 254 g/mol. The molecule has 1 N–H and O–H groups in total. The van der Waals surface area contributed by atoms with Crippen LogP contribution in [0.2, 0.25) is 0 Å². The van der Waals surface area contributed by atoms with Gasteiger partial charge in [-0.25, -0.2) is 0 Å². The second kappa shape index (κ2) is 6.50. The van der Waals surface area contributed by atoms with Crippen molar-refractivity contribution in [1.82, 2.24) is 15.2 Å². The number of rotatable bonds is 3. The van der Waals surface area contributed by atoms with Crippen LogP contribution >= 0.6 is 0 Å². The van der Waals surface area contributed by atoms with Crippen LogP contribution in [-0.2, 0) is 9.59 Å². The van der Waals surface area contributed by atoms with Crippen LogP contribution in [0.15, 0.2) is 24.4 Å². The van der Waals surface area contributed by atoms with Gasteiger partial charge in [-0.05, 0) is 31.9 Å². The molecule has 0 aliphatic carbocycles. The molecule has 0 aromatic carbocycles. The van der Waals surface area contributed by atoms with Gasteiger partial charge in [-0.15, -0.1) is 0 Å². The first kappa shape index (κ1) is 14.5. The fraction of sp³-hybridized carbons (Fsp3) is 0.533. The molecule has 0 radical (unpaired) electrons. The van der Waals surface area contributed by atoms with Gasteiger partial charge in [-0.3, -0.25) is 14.6 Å². The summed E-state index contributed by atoms with van der Waals surface area (Å²) in [6, 6.07) is 5.19. The van der Waals surface area contributed by atoms with Crippen molar-refractivity contribution >= 4 is 11.8 Å². The average Bonchev–Trinajstić information content (AvgIpc) is 2.67. The molecule has 2 heterocycles. The SMILES string of the molecule is CC[C@H]1C(=O)NCCCN1C(=O)C(C)c1ccccn1. The Bertz CT molecular complexity index is 475. The van der Waals surface area contributed by atoms with Crippen LogP contribution in [0.25, 0.3) is 0 Å². The zero-order chi connectivity index (χ0) is 14.5. The molecule has 1 aliphatic rings. The van der Waals surface area contributed by atoms with Gasteiger partial charge >= 0.3 is 0 Å². The van der Waals surface area contributed by atoms with Crippen LogP contribution in [0.3, 0.4) is 0 Å². The Morgan fingerprint density at radius 3 is 3.00 bits per heavy atom. The number of amides is 2. The summed E-state index contributed by atoms with van der Waals surface area (Å²) in [6.07, 6.45) is 3.11. The molecule has 2 rings (SSSR count). The van der Waals surface area contributed by atoms with Crippen LogP contribution in [0.1, 0.15) is 38.3 Å². The maximum atomic E-state index is 12.7. The summed E-state index contributed by atoms with van der Waals surface area (Å²) in [7, 11) is 0. The molecule has 0 bridgehead atoms. The number of hydrogen-bond donors (Lipinski definition) is 1. The Hall–Kier alpha value is -1.91. The van der Waals surface area contributed by atoms with Crippen LogP contribution in [-0.4, -0.2) is 40.8 Å². The van der Waals surface area contributed by atoms with Crippen molar-refractivity contribution < 1.29 is 9.59 Å². The molecule has 1 unspecified atom stereocenters. The Balaban J connectivity index is 2.19. The lowest BCUT2D eigenvalue weighted by Gasteiger charge is -2.29. The minimum absolute atomic E-state index is 0.0207. The Morgan fingerprint density at radius 2 is 2.35 bits per heavy atom. The van der Waals surface area contributed by atoms with Crippen molar-refractivity contribution in [3.63, 3.8) is 0 Å². The summed E-state index contributed by atoms with van der Waals surface area (Å²) in [5, 5.41) is 2.86. The molecule has 108 valence electrons. The summed E-state index contributed by atoms with van der Waals surface area (Å²) in [6.45, 7) is 5.03. The van der Waals surface area contributed by atoms with E-state index in [2.05, 4.69) is 10.3 Å². The van der Waals surface area contributed by atoms with E-state index in [1.54, 1.807) is 11.1 Å². The van der Waals surface area contributed by atoms with E-state index in [1.807, 2.05) is 32.0 Å². The van der Waals surface area contributed by atoms with Crippen molar-refractivity contribution in [2.24, 2.45) is 0 Å². The number of nitrogens with one attached hydrogen (secondary N) is 1. The number of nitrogens with zero attached hydrogens (tertiary/aromatic N) is 2. The lowest BCUT2D eigenvalue weighted by atomic mass is 10.0. The van der Waals surface area contributed by atoms with Gasteiger partial charge in [0, 0.05) is 19.3 Å². The monoisotopic (exact) mass is 275 g/mol. The van der Waals surface area contributed by atoms with Crippen LogP contribution in [0.5, 0.6) is 0 Å². The Morgan fingerprint density at radius 1 is 1.55 bits per heavy atom. The summed E-state index contributed by atoms with van der Waals surface area (Å²) in [5.74, 6) is -0.393. The maximum absolute atomic E-state index is 12.7. The molecular formula is C15H21N3O2. The van der Waals surface area contributed by atoms with E-state index in [-0.39, 0.29) is 23.8 Å². The highest BCUT2D eigenvalue weighted by molar-refractivity contribution is 5.90. The van der Waals surface area contributed by atoms with Gasteiger partial charge in [-0.1, -0.05) is 13.0 Å². The summed E-state index contributed by atoms with van der Waals surface area (Å²) in [4.78, 5) is 30.6. The lowest BCUT2D eigenvalue weighted by Crippen LogP contribution is -2.48. The summed E-state index contributed by atoms with van der Waals surface area (Å²) in [5.41, 5.74) is 0.747. The molecule has 2 amide bonds. The van der Waals surface area contributed by atoms with E-state index in [4.69, 9.17) is 0 Å². The highest BCUT2D eigenvalue weighted by atomic mass is 16.2. The topological polar surface area (TPSA) is 62.3 Å². The Labute approximate surface area is 119 Å². The van der Waals surface area contributed by atoms with Crippen molar-refractivity contribution in [2.75, 3.05) is 13.1 Å². The van der Waals surface area contributed by atoms with Crippen molar-refractivity contribution in [3.05, 3.63) is 30.1 Å². The molecule has 5 nitrogen and oxygen atoms in total. The molecule has 1 fully saturated rings. The van der Waals surface area contributed by atoms with Gasteiger partial charge in [0.1, 0.15) is 6.04 Å². The number of carbonyl (C=O) groups excluding carboxylic acids is 2. The lowest BCUT2D eigenvalue weighted by molar-refractivity contribution is -0.140. The van der Waals surface area contributed by atoms with Crippen molar-refractivity contribution in [2.45, 2.75) is 38.6 Å². The molecule has 20 heavy (non-hydrogen) atoms. The molecule has 1 aromatic heterocycles. The standard InChI is InChI=1S/C15H21N3O2/c1-3-13-14(19)17-9-6-10-18(13)15(20)11(2)12-7-4-5-8-16-12/h4-5,7-8,11,13H,3,6,9-10H2,1-2H3,(H,17,19)/t11?,13-/m0/s1. The second-order valence-corrected chi connectivity index (χ2v) is 5.08. The highest BCUT2D eigenvalue weighted by Crippen LogP contribution is 2.19. The molecule has 5 heteroatoms. The maximum Gasteiger partial charge on any atom is 0.242 e. The molecule has 1 aromatic rings. The van der Waals surface area contributed by atoms with Gasteiger partial charge in [0.05, 0.1) is 11.6 Å². The normalized spacial score (nSPS) is 21.0. The third-order valence-electron chi connectivity index (χ3n) is 3.73.